The molecule has 0 fully saturated rings. The van der Waals surface area contributed by atoms with Crippen molar-refractivity contribution in [1.82, 2.24) is 24.1 Å². The lowest BCUT2D eigenvalue weighted by Crippen LogP contribution is -2.13. The fourth-order valence-corrected chi connectivity index (χ4v) is 2.61. The van der Waals surface area contributed by atoms with Crippen LogP contribution >= 0.6 is 0 Å². The predicted molar refractivity (Wildman–Crippen MR) is 97.1 cm³/mol. The minimum atomic E-state index is -0.200. The van der Waals surface area contributed by atoms with Crippen LogP contribution in [0.2, 0.25) is 0 Å². The normalized spacial score (nSPS) is 10.6. The molecule has 0 aliphatic heterocycles. The first-order chi connectivity index (χ1) is 12.8. The summed E-state index contributed by atoms with van der Waals surface area (Å²) in [6.45, 7) is 0.699. The molecule has 0 unspecified atom stereocenters. The minimum absolute atomic E-state index is 0.200. The Morgan fingerprint density at radius 1 is 1.04 bits per heavy atom. The fourth-order valence-electron chi connectivity index (χ4n) is 2.61. The van der Waals surface area contributed by atoms with E-state index >= 15 is 0 Å². The van der Waals surface area contributed by atoms with Crippen molar-refractivity contribution in [2.24, 2.45) is 0 Å². The van der Waals surface area contributed by atoms with Crippen LogP contribution in [-0.4, -0.2) is 30.0 Å². The van der Waals surface area contributed by atoms with Gasteiger partial charge in [-0.15, -0.1) is 0 Å². The summed E-state index contributed by atoms with van der Waals surface area (Å²) in [6, 6.07) is 11.3. The van der Waals surface area contributed by atoms with Crippen LogP contribution in [0.3, 0.4) is 0 Å². The number of pyridine rings is 1. The maximum absolute atomic E-state index is 12.5. The van der Waals surface area contributed by atoms with Gasteiger partial charge in [0, 0.05) is 43.2 Å². The van der Waals surface area contributed by atoms with Crippen molar-refractivity contribution in [3.8, 4) is 5.82 Å². The van der Waals surface area contributed by atoms with Crippen LogP contribution in [-0.2, 0) is 6.54 Å². The summed E-state index contributed by atoms with van der Waals surface area (Å²) in [7, 11) is 0. The average Bonchev–Trinajstić information content (AvgIpc) is 3.36. The van der Waals surface area contributed by atoms with Crippen LogP contribution in [0.15, 0.2) is 80.0 Å². The van der Waals surface area contributed by atoms with E-state index in [4.69, 9.17) is 0 Å². The number of aromatic nitrogens is 5. The Balaban J connectivity index is 1.46. The number of nitrogens with one attached hydrogen (secondary N) is 1. The highest BCUT2D eigenvalue weighted by Gasteiger charge is 2.08. The van der Waals surface area contributed by atoms with Crippen LogP contribution in [0.5, 0.6) is 0 Å². The van der Waals surface area contributed by atoms with Crippen LogP contribution in [0.4, 0.5) is 5.69 Å². The molecular formula is C19H16N6O. The van der Waals surface area contributed by atoms with E-state index in [-0.39, 0.29) is 5.91 Å². The Kier molecular flexibility index (Phi) is 4.26. The molecule has 0 aliphatic rings. The summed E-state index contributed by atoms with van der Waals surface area (Å²) in [5.41, 5.74) is 2.31. The van der Waals surface area contributed by atoms with Gasteiger partial charge in [0.2, 0.25) is 0 Å². The molecule has 1 N–H and O–H groups in total. The predicted octanol–water partition coefficient (Wildman–Crippen LogP) is 2.76. The number of carbonyl (C=O) groups excluding carboxylic acids is 1. The van der Waals surface area contributed by atoms with Gasteiger partial charge in [-0.2, -0.15) is 0 Å². The van der Waals surface area contributed by atoms with E-state index in [1.54, 1.807) is 54.1 Å². The third kappa shape index (κ3) is 3.51. The number of nitrogens with zero attached hydrogens (tertiary/aromatic N) is 5. The maximum atomic E-state index is 12.5. The van der Waals surface area contributed by atoms with E-state index < -0.39 is 0 Å². The average molecular weight is 344 g/mol. The number of hydrogen-bond acceptors (Lipinski definition) is 4. The van der Waals surface area contributed by atoms with Gasteiger partial charge in [0.05, 0.1) is 11.9 Å². The van der Waals surface area contributed by atoms with Crippen molar-refractivity contribution in [3.05, 3.63) is 91.2 Å². The number of benzene rings is 1. The van der Waals surface area contributed by atoms with E-state index in [0.29, 0.717) is 17.9 Å². The van der Waals surface area contributed by atoms with Gasteiger partial charge < -0.3 is 9.88 Å². The Bertz CT molecular complexity index is 991. The summed E-state index contributed by atoms with van der Waals surface area (Å²) in [6.07, 6.45) is 12.1. The lowest BCUT2D eigenvalue weighted by molar-refractivity contribution is 0.102. The van der Waals surface area contributed by atoms with Gasteiger partial charge in [0.25, 0.3) is 5.91 Å². The minimum Gasteiger partial charge on any atom is -0.333 e. The molecule has 7 heteroatoms. The summed E-state index contributed by atoms with van der Waals surface area (Å²) in [4.78, 5) is 24.8. The number of carbonyl (C=O) groups is 1. The number of anilines is 1. The molecule has 1 aromatic carbocycles. The Morgan fingerprint density at radius 3 is 2.65 bits per heavy atom. The Hall–Kier alpha value is -3.74. The fraction of sp³-hybridized carbons (Fsp3) is 0.0526. The lowest BCUT2D eigenvalue weighted by Gasteiger charge is -2.08. The van der Waals surface area contributed by atoms with Crippen molar-refractivity contribution >= 4 is 11.6 Å². The smallest absolute Gasteiger partial charge is 0.257 e. The van der Waals surface area contributed by atoms with Gasteiger partial charge in [-0.05, 0) is 29.8 Å². The molecule has 7 nitrogen and oxygen atoms in total. The summed E-state index contributed by atoms with van der Waals surface area (Å²) in [5, 5.41) is 2.91. The second-order valence-corrected chi connectivity index (χ2v) is 5.76. The number of imidazole rings is 2. The van der Waals surface area contributed by atoms with Crippen molar-refractivity contribution in [2.45, 2.75) is 6.54 Å². The summed E-state index contributed by atoms with van der Waals surface area (Å²) >= 11 is 0. The first-order valence-corrected chi connectivity index (χ1v) is 8.08. The molecular weight excluding hydrogens is 328 g/mol. The van der Waals surface area contributed by atoms with Crippen LogP contribution in [0.1, 0.15) is 15.9 Å². The van der Waals surface area contributed by atoms with Gasteiger partial charge in [0.15, 0.2) is 0 Å². The van der Waals surface area contributed by atoms with Crippen LogP contribution < -0.4 is 5.32 Å². The number of amides is 1. The molecule has 0 bridgehead atoms. The van der Waals surface area contributed by atoms with Gasteiger partial charge >= 0.3 is 0 Å². The largest absolute Gasteiger partial charge is 0.333 e. The molecule has 1 amide bonds. The summed E-state index contributed by atoms with van der Waals surface area (Å²) in [5.74, 6) is 0.510. The molecule has 4 aromatic rings. The molecule has 0 atom stereocenters. The maximum Gasteiger partial charge on any atom is 0.257 e. The quantitative estimate of drug-likeness (QED) is 0.604. The topological polar surface area (TPSA) is 77.6 Å². The molecule has 0 spiro atoms. The number of hydrogen-bond donors (Lipinski definition) is 1. The van der Waals surface area contributed by atoms with Crippen molar-refractivity contribution in [3.63, 3.8) is 0 Å². The molecule has 0 saturated heterocycles. The zero-order chi connectivity index (χ0) is 17.8. The lowest BCUT2D eigenvalue weighted by atomic mass is 10.2. The zero-order valence-electron chi connectivity index (χ0n) is 13.9. The highest BCUT2D eigenvalue weighted by molar-refractivity contribution is 6.04. The monoisotopic (exact) mass is 344 g/mol. The second kappa shape index (κ2) is 7.02. The van der Waals surface area contributed by atoms with Gasteiger partial charge in [0.1, 0.15) is 12.1 Å². The molecule has 0 radical (unpaired) electrons. The standard InChI is InChI=1S/C19H16N6O/c26-19(16-4-5-18(22-11-16)25-9-7-21-14-25)23-17-3-1-2-15(10-17)12-24-8-6-20-13-24/h1-11,13-14H,12H2,(H,23,26). The highest BCUT2D eigenvalue weighted by Crippen LogP contribution is 2.14. The Morgan fingerprint density at radius 2 is 1.92 bits per heavy atom. The number of rotatable bonds is 5. The van der Waals surface area contributed by atoms with E-state index in [0.717, 1.165) is 11.3 Å². The molecule has 3 aromatic heterocycles. The molecule has 0 saturated carbocycles. The molecule has 26 heavy (non-hydrogen) atoms. The molecule has 128 valence electrons. The van der Waals surface area contributed by atoms with Crippen LogP contribution in [0, 0.1) is 0 Å². The first kappa shape index (κ1) is 15.8. The van der Waals surface area contributed by atoms with E-state index in [1.807, 2.05) is 35.0 Å². The van der Waals surface area contributed by atoms with Crippen molar-refractivity contribution in [2.75, 3.05) is 5.32 Å². The summed E-state index contributed by atoms with van der Waals surface area (Å²) < 4.78 is 3.75. The molecule has 3 heterocycles. The van der Waals surface area contributed by atoms with E-state index in [2.05, 4.69) is 20.3 Å². The van der Waals surface area contributed by atoms with Gasteiger partial charge in [-0.3, -0.25) is 9.36 Å². The van der Waals surface area contributed by atoms with Gasteiger partial charge in [-0.1, -0.05) is 12.1 Å². The van der Waals surface area contributed by atoms with Crippen LogP contribution in [0.25, 0.3) is 5.82 Å². The van der Waals surface area contributed by atoms with Crippen molar-refractivity contribution in [1.29, 1.82) is 0 Å². The molecule has 0 aliphatic carbocycles. The second-order valence-electron chi connectivity index (χ2n) is 5.76. The van der Waals surface area contributed by atoms with Gasteiger partial charge in [-0.25, -0.2) is 15.0 Å². The van der Waals surface area contributed by atoms with Crippen molar-refractivity contribution < 1.29 is 4.79 Å². The third-order valence-corrected chi connectivity index (χ3v) is 3.89. The first-order valence-electron chi connectivity index (χ1n) is 8.08. The SMILES string of the molecule is O=C(Nc1cccc(Cn2ccnc2)c1)c1ccc(-n2ccnc2)nc1. The third-order valence-electron chi connectivity index (χ3n) is 3.89. The Labute approximate surface area is 150 Å². The zero-order valence-corrected chi connectivity index (χ0v) is 13.9. The van der Waals surface area contributed by atoms with E-state index in [1.165, 1.54) is 0 Å². The molecule has 4 rings (SSSR count). The van der Waals surface area contributed by atoms with E-state index in [9.17, 15) is 4.79 Å². The highest BCUT2D eigenvalue weighted by atomic mass is 16.1.